The van der Waals surface area contributed by atoms with Gasteiger partial charge >= 0.3 is 0 Å². The average molecular weight is 319 g/mol. The van der Waals surface area contributed by atoms with Crippen LogP contribution in [0.4, 0.5) is 11.5 Å². The second-order valence-electron chi connectivity index (χ2n) is 5.08. The number of nitrogens with one attached hydrogen (secondary N) is 1. The van der Waals surface area contributed by atoms with Crippen molar-refractivity contribution >= 4 is 27.4 Å². The fourth-order valence-corrected chi connectivity index (χ4v) is 2.30. The van der Waals surface area contributed by atoms with Crippen LogP contribution in [0.15, 0.2) is 34.8 Å². The van der Waals surface area contributed by atoms with Gasteiger partial charge < -0.3 is 5.32 Å². The molecule has 0 radical (unpaired) electrons. The molecular weight excluding hydrogens is 300 g/mol. The second kappa shape index (κ2) is 5.74. The van der Waals surface area contributed by atoms with Gasteiger partial charge in [0.2, 0.25) is 0 Å². The van der Waals surface area contributed by atoms with Gasteiger partial charge in [-0.15, -0.1) is 0 Å². The highest BCUT2D eigenvalue weighted by molar-refractivity contribution is 9.10. The van der Waals surface area contributed by atoms with Crippen LogP contribution < -0.4 is 5.32 Å². The molecule has 1 aromatic heterocycles. The summed E-state index contributed by atoms with van der Waals surface area (Å²) in [5.74, 6) is 1.37. The number of hydrogen-bond acceptors (Lipinski definition) is 2. The molecule has 1 N–H and O–H groups in total. The number of rotatable bonds is 3. The topological polar surface area (TPSA) is 24.9 Å². The Morgan fingerprint density at radius 2 is 1.84 bits per heavy atom. The molecule has 100 valence electrons. The lowest BCUT2D eigenvalue weighted by atomic mass is 9.98. The molecule has 0 saturated carbocycles. The maximum absolute atomic E-state index is 4.55. The van der Waals surface area contributed by atoms with Crippen molar-refractivity contribution in [3.05, 3.63) is 51.6 Å². The van der Waals surface area contributed by atoms with E-state index < -0.39 is 0 Å². The van der Waals surface area contributed by atoms with E-state index in [0.29, 0.717) is 5.92 Å². The molecule has 19 heavy (non-hydrogen) atoms. The molecule has 0 unspecified atom stereocenters. The van der Waals surface area contributed by atoms with Gasteiger partial charge in [-0.25, -0.2) is 4.98 Å². The zero-order valence-corrected chi connectivity index (χ0v) is 13.4. The van der Waals surface area contributed by atoms with Gasteiger partial charge in [-0.2, -0.15) is 0 Å². The highest BCUT2D eigenvalue weighted by Gasteiger charge is 2.10. The maximum Gasteiger partial charge on any atom is 0.130 e. The molecule has 0 bridgehead atoms. The summed E-state index contributed by atoms with van der Waals surface area (Å²) in [4.78, 5) is 4.55. The smallest absolute Gasteiger partial charge is 0.130 e. The van der Waals surface area contributed by atoms with E-state index in [-0.39, 0.29) is 0 Å². The van der Waals surface area contributed by atoms with Crippen LogP contribution in [0.1, 0.15) is 36.6 Å². The van der Waals surface area contributed by atoms with Crippen molar-refractivity contribution in [3.63, 3.8) is 0 Å². The van der Waals surface area contributed by atoms with E-state index in [1.807, 2.05) is 19.1 Å². The normalized spacial score (nSPS) is 10.8. The van der Waals surface area contributed by atoms with Crippen molar-refractivity contribution in [2.45, 2.75) is 33.6 Å². The number of anilines is 2. The van der Waals surface area contributed by atoms with Gasteiger partial charge in [0, 0.05) is 10.2 Å². The first-order chi connectivity index (χ1) is 8.99. The van der Waals surface area contributed by atoms with Crippen molar-refractivity contribution in [3.8, 4) is 0 Å². The number of halogens is 1. The van der Waals surface area contributed by atoms with Crippen LogP contribution in [0.5, 0.6) is 0 Å². The molecular formula is C16H19BrN2. The molecule has 2 nitrogen and oxygen atoms in total. The first-order valence-corrected chi connectivity index (χ1v) is 7.28. The van der Waals surface area contributed by atoms with Crippen LogP contribution in [0.2, 0.25) is 0 Å². The minimum atomic E-state index is 0.485. The lowest BCUT2D eigenvalue weighted by molar-refractivity contribution is 0.867. The van der Waals surface area contributed by atoms with Gasteiger partial charge in [-0.05, 0) is 59.0 Å². The zero-order chi connectivity index (χ0) is 14.0. The quantitative estimate of drug-likeness (QED) is 0.827. The van der Waals surface area contributed by atoms with Gasteiger partial charge in [0.15, 0.2) is 0 Å². The lowest BCUT2D eigenvalue weighted by Gasteiger charge is -2.17. The number of aryl methyl sites for hydroxylation is 2. The molecule has 2 aromatic rings. The largest absolute Gasteiger partial charge is 0.340 e. The number of nitrogens with zero attached hydrogens (tertiary/aromatic N) is 1. The fourth-order valence-electron chi connectivity index (χ4n) is 2.08. The molecule has 2 rings (SSSR count). The third-order valence-electron chi connectivity index (χ3n) is 3.20. The Hall–Kier alpha value is -1.35. The number of hydrogen-bond donors (Lipinski definition) is 1. The summed E-state index contributed by atoms with van der Waals surface area (Å²) in [5.41, 5.74) is 4.73. The third-order valence-corrected chi connectivity index (χ3v) is 4.04. The number of benzene rings is 1. The number of pyridine rings is 1. The van der Waals surface area contributed by atoms with Crippen molar-refractivity contribution < 1.29 is 0 Å². The van der Waals surface area contributed by atoms with E-state index in [4.69, 9.17) is 0 Å². The third kappa shape index (κ3) is 3.16. The van der Waals surface area contributed by atoms with Crippen molar-refractivity contribution in [1.29, 1.82) is 0 Å². The van der Waals surface area contributed by atoms with Gasteiger partial charge in [0.05, 0.1) is 5.69 Å². The van der Waals surface area contributed by atoms with E-state index in [9.17, 15) is 0 Å². The molecule has 0 fully saturated rings. The van der Waals surface area contributed by atoms with Crippen LogP contribution in [0.25, 0.3) is 0 Å². The molecule has 0 spiro atoms. The molecule has 0 aliphatic carbocycles. The van der Waals surface area contributed by atoms with Crippen LogP contribution >= 0.6 is 15.9 Å². The molecule has 1 aromatic carbocycles. The Kier molecular flexibility index (Phi) is 4.25. The highest BCUT2D eigenvalue weighted by Crippen LogP contribution is 2.30. The van der Waals surface area contributed by atoms with E-state index in [2.05, 4.69) is 65.2 Å². The SMILES string of the molecule is Cc1cccc(C(C)C)c1Nc1ccc(Br)c(C)n1. The van der Waals surface area contributed by atoms with Crippen LogP contribution in [-0.4, -0.2) is 4.98 Å². The number of para-hydroxylation sites is 1. The predicted octanol–water partition coefficient (Wildman–Crippen LogP) is 5.33. The Morgan fingerprint density at radius 3 is 2.47 bits per heavy atom. The van der Waals surface area contributed by atoms with Crippen LogP contribution in [0, 0.1) is 13.8 Å². The Bertz CT molecular complexity index is 591. The first-order valence-electron chi connectivity index (χ1n) is 6.48. The Morgan fingerprint density at radius 1 is 1.11 bits per heavy atom. The minimum absolute atomic E-state index is 0.485. The van der Waals surface area contributed by atoms with E-state index >= 15 is 0 Å². The van der Waals surface area contributed by atoms with Crippen molar-refractivity contribution in [2.24, 2.45) is 0 Å². The molecule has 1 heterocycles. The maximum atomic E-state index is 4.55. The average Bonchev–Trinajstić information content (AvgIpc) is 2.36. The summed E-state index contributed by atoms with van der Waals surface area (Å²) in [6, 6.07) is 10.4. The molecule has 0 atom stereocenters. The van der Waals surface area contributed by atoms with Gasteiger partial charge in [0.1, 0.15) is 5.82 Å². The summed E-state index contributed by atoms with van der Waals surface area (Å²) in [7, 11) is 0. The standard InChI is InChI=1S/C16H19BrN2/c1-10(2)13-7-5-6-11(3)16(13)19-15-9-8-14(17)12(4)18-15/h5-10H,1-4H3,(H,18,19). The fraction of sp³-hybridized carbons (Fsp3) is 0.312. The summed E-state index contributed by atoms with van der Waals surface area (Å²) < 4.78 is 1.03. The van der Waals surface area contributed by atoms with Gasteiger partial charge in [-0.3, -0.25) is 0 Å². The van der Waals surface area contributed by atoms with Gasteiger partial charge in [0.25, 0.3) is 0 Å². The summed E-state index contributed by atoms with van der Waals surface area (Å²) in [5, 5.41) is 3.46. The molecule has 0 aliphatic heterocycles. The summed E-state index contributed by atoms with van der Waals surface area (Å²) >= 11 is 3.48. The van der Waals surface area contributed by atoms with Crippen molar-refractivity contribution in [2.75, 3.05) is 5.32 Å². The molecule has 0 amide bonds. The highest BCUT2D eigenvalue weighted by atomic mass is 79.9. The van der Waals surface area contributed by atoms with E-state index in [1.54, 1.807) is 0 Å². The Balaban J connectivity index is 2.40. The van der Waals surface area contributed by atoms with E-state index in [1.165, 1.54) is 16.8 Å². The van der Waals surface area contributed by atoms with E-state index in [0.717, 1.165) is 16.0 Å². The lowest BCUT2D eigenvalue weighted by Crippen LogP contribution is -2.02. The van der Waals surface area contributed by atoms with Crippen LogP contribution in [-0.2, 0) is 0 Å². The predicted molar refractivity (Wildman–Crippen MR) is 85.2 cm³/mol. The van der Waals surface area contributed by atoms with Crippen LogP contribution in [0.3, 0.4) is 0 Å². The number of aromatic nitrogens is 1. The van der Waals surface area contributed by atoms with Gasteiger partial charge in [-0.1, -0.05) is 32.0 Å². The minimum Gasteiger partial charge on any atom is -0.340 e. The molecule has 3 heteroatoms. The summed E-state index contributed by atoms with van der Waals surface area (Å²) in [6.45, 7) is 8.54. The second-order valence-corrected chi connectivity index (χ2v) is 5.94. The summed E-state index contributed by atoms with van der Waals surface area (Å²) in [6.07, 6.45) is 0. The molecule has 0 aliphatic rings. The first kappa shape index (κ1) is 14.1. The monoisotopic (exact) mass is 318 g/mol. The molecule has 0 saturated heterocycles. The van der Waals surface area contributed by atoms with Crippen molar-refractivity contribution in [1.82, 2.24) is 4.98 Å². The zero-order valence-electron chi connectivity index (χ0n) is 11.8. The Labute approximate surface area is 123 Å².